The van der Waals surface area contributed by atoms with Gasteiger partial charge in [-0.25, -0.2) is 5.26 Å². The predicted molar refractivity (Wildman–Crippen MR) is 255 cm³/mol. The number of hydrogen-bond donors (Lipinski definition) is 7. The second-order valence-corrected chi connectivity index (χ2v) is 21.8. The van der Waals surface area contributed by atoms with Gasteiger partial charge in [-0.3, -0.25) is 28.3 Å². The highest BCUT2D eigenvalue weighted by molar-refractivity contribution is 7.94. The molecule has 0 saturated heterocycles. The Bertz CT molecular complexity index is 2490. The number of allylic oxidation sites excluding steroid dienone is 4. The molecule has 0 radical (unpaired) electrons. The highest BCUT2D eigenvalue weighted by atomic mass is 32.2. The second kappa shape index (κ2) is 24.2. The summed E-state index contributed by atoms with van der Waals surface area (Å²) in [5.41, 5.74) is 3.30. The van der Waals surface area contributed by atoms with Gasteiger partial charge < -0.3 is 26.0 Å². The fraction of sp³-hybridized carbons (Fsp3) is 0.543. The highest BCUT2D eigenvalue weighted by Crippen LogP contribution is 2.52. The summed E-state index contributed by atoms with van der Waals surface area (Å²) in [4.78, 5) is 52.8. The number of fused-ring (bicyclic) bond motifs is 5. The van der Waals surface area contributed by atoms with E-state index in [0.29, 0.717) is 86.9 Å². The lowest BCUT2D eigenvalue weighted by molar-refractivity contribution is -0.438. The number of amides is 3. The summed E-state index contributed by atoms with van der Waals surface area (Å²) in [5.74, 6) is -2.55. The van der Waals surface area contributed by atoms with Gasteiger partial charge in [-0.15, -0.1) is 4.33 Å². The molecular formula is C46H64N5O14S3+. The quantitative estimate of drug-likeness (QED) is 0.0264. The molecule has 0 bridgehead atoms. The molecule has 0 saturated carbocycles. The number of benzene rings is 2. The lowest BCUT2D eigenvalue weighted by atomic mass is 9.77. The first-order chi connectivity index (χ1) is 32.2. The number of carbonyl (C=O) groups is 4. The molecule has 0 spiro atoms. The maximum Gasteiger partial charge on any atom is 0.303 e. The van der Waals surface area contributed by atoms with Gasteiger partial charge in [-0.2, -0.15) is 21.4 Å². The predicted octanol–water partition coefficient (Wildman–Crippen LogP) is 6.12. The van der Waals surface area contributed by atoms with Crippen LogP contribution in [-0.4, -0.2) is 108 Å². The third-order valence-corrected chi connectivity index (χ3v) is 14.9. The number of aliphatic carboxylic acids is 1. The van der Waals surface area contributed by atoms with E-state index in [1.807, 2.05) is 48.3 Å². The topological polar surface area (TPSA) is 278 Å². The van der Waals surface area contributed by atoms with Crippen LogP contribution < -0.4 is 20.9 Å². The van der Waals surface area contributed by atoms with Crippen LogP contribution in [0.25, 0.3) is 0 Å². The number of rotatable bonds is 15. The van der Waals surface area contributed by atoms with Crippen LogP contribution in [0.1, 0.15) is 122 Å². The van der Waals surface area contributed by atoms with Crippen molar-refractivity contribution in [1.82, 2.24) is 16.0 Å². The Labute approximate surface area is 402 Å². The normalized spacial score (nSPS) is 22.1. The zero-order valence-corrected chi connectivity index (χ0v) is 41.1. The van der Waals surface area contributed by atoms with Crippen LogP contribution >= 0.6 is 12.0 Å². The SMILES string of the molecule is CC1(C)C2=[N+](CCCCCC(=O)NCC(C(=O)NCCCCCC(=O)O)NC(=O)CCCCCC3(C)/C(=C/C=C/2)N(CCCS(=O)(=O)O)c2ccc(S(=O)(=O)O)cc23)c2ccc(SOOO)cc21. The number of carboxylic acid groups (broad SMARTS) is 1. The monoisotopic (exact) mass is 1010 g/mol. The molecule has 5 rings (SSSR count). The Morgan fingerprint density at radius 2 is 1.65 bits per heavy atom. The van der Waals surface area contributed by atoms with Crippen LogP contribution in [0.5, 0.6) is 0 Å². The van der Waals surface area contributed by atoms with Crippen LogP contribution in [0.4, 0.5) is 11.4 Å². The molecule has 19 nitrogen and oxygen atoms in total. The number of unbranched alkanes of at least 4 members (excludes halogenated alkanes) is 2. The standard InChI is InChI=1S/C46H63N5O14S3/c1-45(2)34-29-32(66-65-64-57)20-22-37(34)50-26-12-6-8-17-41(52)48-31-36(44(56)47-25-11-5-9-19-43(54)55)49-42(53)18-7-4-10-24-46(3)35-30-33(68(61,62)63)21-23-38(35)51(27-14-28-67(58,59)60)40(46)16-13-15-39(45)50/h13,15-16,20-23,29-30,36H,4-12,14,17-19,24-28,31H2,1-3H3,(H6-,47,48,49,52,53,54,55,56,57,58,59,60,61,62,63)/p+1. The zero-order chi connectivity index (χ0) is 49.7. The third-order valence-electron chi connectivity index (χ3n) is 12.7. The Morgan fingerprint density at radius 3 is 2.35 bits per heavy atom. The van der Waals surface area contributed by atoms with Crippen molar-refractivity contribution >= 4 is 73.1 Å². The van der Waals surface area contributed by atoms with Gasteiger partial charge in [0.15, 0.2) is 5.71 Å². The Morgan fingerprint density at radius 1 is 0.912 bits per heavy atom. The number of carbonyl (C=O) groups excluding carboxylic acids is 3. The van der Waals surface area contributed by atoms with Crippen molar-refractivity contribution in [3.8, 4) is 0 Å². The van der Waals surface area contributed by atoms with Crippen molar-refractivity contribution in [1.29, 1.82) is 0 Å². The molecule has 3 aliphatic rings. The molecule has 0 aliphatic carbocycles. The largest absolute Gasteiger partial charge is 0.481 e. The fourth-order valence-electron chi connectivity index (χ4n) is 9.20. The molecule has 0 fully saturated rings. The summed E-state index contributed by atoms with van der Waals surface area (Å²) < 4.78 is 75.5. The van der Waals surface area contributed by atoms with E-state index in [1.54, 1.807) is 6.07 Å². The van der Waals surface area contributed by atoms with Gasteiger partial charge >= 0.3 is 5.97 Å². The maximum atomic E-state index is 13.3. The molecule has 374 valence electrons. The Kier molecular flexibility index (Phi) is 19.3. The maximum absolute atomic E-state index is 13.3. The van der Waals surface area contributed by atoms with Crippen LogP contribution in [0.3, 0.4) is 0 Å². The molecule has 2 aromatic carbocycles. The van der Waals surface area contributed by atoms with Gasteiger partial charge in [0.25, 0.3) is 20.2 Å². The average molecular weight is 1010 g/mol. The van der Waals surface area contributed by atoms with Gasteiger partial charge in [0.2, 0.25) is 23.4 Å². The van der Waals surface area contributed by atoms with Crippen molar-refractivity contribution in [2.75, 3.05) is 36.8 Å². The van der Waals surface area contributed by atoms with E-state index < -0.39 is 60.6 Å². The minimum Gasteiger partial charge on any atom is -0.481 e. The van der Waals surface area contributed by atoms with Crippen molar-refractivity contribution in [3.63, 3.8) is 0 Å². The zero-order valence-electron chi connectivity index (χ0n) is 38.7. The molecule has 3 aliphatic heterocycles. The summed E-state index contributed by atoms with van der Waals surface area (Å²) in [6.07, 6.45) is 11.6. The van der Waals surface area contributed by atoms with Crippen LogP contribution in [-0.2, 0) is 59.6 Å². The first-order valence-electron chi connectivity index (χ1n) is 22.9. The van der Waals surface area contributed by atoms with Gasteiger partial charge in [0.1, 0.15) is 12.6 Å². The van der Waals surface area contributed by atoms with E-state index in [0.717, 1.165) is 34.7 Å². The van der Waals surface area contributed by atoms with E-state index in [-0.39, 0.29) is 56.1 Å². The van der Waals surface area contributed by atoms with Crippen LogP contribution in [0.15, 0.2) is 70.1 Å². The third kappa shape index (κ3) is 14.7. The molecule has 0 aromatic heterocycles. The summed E-state index contributed by atoms with van der Waals surface area (Å²) >= 11 is 0.846. The van der Waals surface area contributed by atoms with Crippen molar-refractivity contribution < 1.29 is 69.4 Å². The fourth-order valence-corrected chi connectivity index (χ4v) is 10.6. The van der Waals surface area contributed by atoms with Crippen LogP contribution in [0, 0.1) is 0 Å². The first-order valence-corrected chi connectivity index (χ1v) is 26.7. The minimum atomic E-state index is -4.63. The number of nitrogens with one attached hydrogen (secondary N) is 3. The summed E-state index contributed by atoms with van der Waals surface area (Å²) in [7, 11) is -8.94. The van der Waals surface area contributed by atoms with Gasteiger partial charge in [0, 0.05) is 84.7 Å². The molecular weight excluding hydrogens is 943 g/mol. The number of anilines is 1. The number of carboxylic acids is 1. The van der Waals surface area contributed by atoms with Gasteiger partial charge in [-0.1, -0.05) is 30.4 Å². The van der Waals surface area contributed by atoms with E-state index in [1.165, 1.54) is 12.1 Å². The van der Waals surface area contributed by atoms with E-state index >= 15 is 0 Å². The molecule has 2 atom stereocenters. The first kappa shape index (κ1) is 54.3. The summed E-state index contributed by atoms with van der Waals surface area (Å²) in [5, 5.41) is 30.0. The lowest BCUT2D eigenvalue weighted by Crippen LogP contribution is -2.52. The summed E-state index contributed by atoms with van der Waals surface area (Å²) in [6.45, 7) is 6.96. The van der Waals surface area contributed by atoms with Crippen molar-refractivity contribution in [3.05, 3.63) is 71.5 Å². The average Bonchev–Trinajstić information content (AvgIpc) is 3.62. The van der Waals surface area contributed by atoms with E-state index in [2.05, 4.69) is 39.4 Å². The highest BCUT2D eigenvalue weighted by Gasteiger charge is 2.46. The molecule has 22 heteroatoms. The van der Waals surface area contributed by atoms with Crippen molar-refractivity contribution in [2.24, 2.45) is 0 Å². The molecule has 7 N–H and O–H groups in total. The van der Waals surface area contributed by atoms with E-state index in [9.17, 15) is 45.1 Å². The molecule has 3 amide bonds. The minimum absolute atomic E-state index is 0.0245. The van der Waals surface area contributed by atoms with Crippen molar-refractivity contribution in [2.45, 2.75) is 137 Å². The molecule has 2 unspecified atom stereocenters. The number of hydrogen-bond acceptors (Lipinski definition) is 13. The molecule has 68 heavy (non-hydrogen) atoms. The van der Waals surface area contributed by atoms with Gasteiger partial charge in [0.05, 0.1) is 28.1 Å². The smallest absolute Gasteiger partial charge is 0.303 e. The number of nitrogens with zero attached hydrogens (tertiary/aromatic N) is 2. The van der Waals surface area contributed by atoms with Gasteiger partial charge in [-0.05, 0) is 108 Å². The second-order valence-electron chi connectivity index (χ2n) is 18.0. The Hall–Kier alpha value is -4.68. The van der Waals surface area contributed by atoms with Crippen LogP contribution in [0.2, 0.25) is 0 Å². The van der Waals surface area contributed by atoms with E-state index in [4.69, 9.17) is 14.7 Å². The molecule has 2 aromatic rings. The molecule has 3 heterocycles. The lowest BCUT2D eigenvalue weighted by Gasteiger charge is -2.30. The Balaban J connectivity index is 1.51. The summed E-state index contributed by atoms with van der Waals surface area (Å²) in [6, 6.07) is 9.00.